The van der Waals surface area contributed by atoms with Gasteiger partial charge >= 0.3 is 0 Å². The Labute approximate surface area is 130 Å². The van der Waals surface area contributed by atoms with Gasteiger partial charge in [0.05, 0.1) is 6.61 Å². The van der Waals surface area contributed by atoms with Crippen LogP contribution in [0, 0.1) is 0 Å². The van der Waals surface area contributed by atoms with Gasteiger partial charge in [0.2, 0.25) is 0 Å². The molecular formula is C20H18O2. The Morgan fingerprint density at radius 1 is 0.727 bits per heavy atom. The van der Waals surface area contributed by atoms with Crippen molar-refractivity contribution in [2.24, 2.45) is 0 Å². The van der Waals surface area contributed by atoms with Crippen molar-refractivity contribution >= 4 is 0 Å². The van der Waals surface area contributed by atoms with Gasteiger partial charge < -0.3 is 9.84 Å². The highest BCUT2D eigenvalue weighted by Crippen LogP contribution is 2.26. The van der Waals surface area contributed by atoms with Crippen LogP contribution in [-0.4, -0.2) is 11.7 Å². The average molecular weight is 290 g/mol. The van der Waals surface area contributed by atoms with Crippen molar-refractivity contribution in [2.75, 3.05) is 6.61 Å². The van der Waals surface area contributed by atoms with Gasteiger partial charge in [0.1, 0.15) is 11.5 Å². The van der Waals surface area contributed by atoms with Crippen molar-refractivity contribution in [2.45, 2.75) is 5.92 Å². The Balaban J connectivity index is 1.83. The van der Waals surface area contributed by atoms with Gasteiger partial charge in [0, 0.05) is 12.0 Å². The molecular weight excluding hydrogens is 272 g/mol. The molecule has 3 rings (SSSR count). The number of aromatic hydroxyl groups is 1. The molecule has 0 atom stereocenters. The van der Waals surface area contributed by atoms with Crippen LogP contribution in [0.25, 0.3) is 0 Å². The van der Waals surface area contributed by atoms with Crippen LogP contribution in [-0.2, 0) is 0 Å². The first-order valence-electron chi connectivity index (χ1n) is 7.34. The second kappa shape index (κ2) is 6.81. The van der Waals surface area contributed by atoms with E-state index in [1.54, 1.807) is 18.2 Å². The zero-order chi connectivity index (χ0) is 15.2. The van der Waals surface area contributed by atoms with Crippen LogP contribution in [0.3, 0.4) is 0 Å². The summed E-state index contributed by atoms with van der Waals surface area (Å²) < 4.78 is 5.90. The Hall–Kier alpha value is -2.74. The third-order valence-corrected chi connectivity index (χ3v) is 3.64. The normalized spacial score (nSPS) is 10.6. The summed E-state index contributed by atoms with van der Waals surface area (Å²) in [5.41, 5.74) is 2.43. The van der Waals surface area contributed by atoms with E-state index in [0.717, 1.165) is 0 Å². The molecule has 0 saturated carbocycles. The molecule has 0 saturated heterocycles. The molecule has 0 heterocycles. The highest BCUT2D eigenvalue weighted by Gasteiger charge is 2.14. The lowest BCUT2D eigenvalue weighted by Gasteiger charge is -2.19. The third-order valence-electron chi connectivity index (χ3n) is 3.64. The van der Waals surface area contributed by atoms with Crippen LogP contribution in [0.2, 0.25) is 0 Å². The highest BCUT2D eigenvalue weighted by molar-refractivity contribution is 5.34. The summed E-state index contributed by atoms with van der Waals surface area (Å²) in [4.78, 5) is 0. The van der Waals surface area contributed by atoms with Gasteiger partial charge in [0.15, 0.2) is 0 Å². The first kappa shape index (κ1) is 14.2. The molecule has 110 valence electrons. The van der Waals surface area contributed by atoms with E-state index in [1.165, 1.54) is 11.1 Å². The van der Waals surface area contributed by atoms with Crippen molar-refractivity contribution in [3.63, 3.8) is 0 Å². The topological polar surface area (TPSA) is 29.5 Å². The van der Waals surface area contributed by atoms with Gasteiger partial charge in [-0.2, -0.15) is 0 Å². The molecule has 2 nitrogen and oxygen atoms in total. The number of benzene rings is 3. The number of rotatable bonds is 5. The smallest absolute Gasteiger partial charge is 0.123 e. The predicted molar refractivity (Wildman–Crippen MR) is 88.3 cm³/mol. The third kappa shape index (κ3) is 3.47. The van der Waals surface area contributed by atoms with Crippen LogP contribution < -0.4 is 4.74 Å². The molecule has 0 radical (unpaired) electrons. The number of ether oxygens (including phenoxy) is 1. The molecule has 0 aromatic heterocycles. The van der Waals surface area contributed by atoms with Gasteiger partial charge in [-0.3, -0.25) is 0 Å². The summed E-state index contributed by atoms with van der Waals surface area (Å²) >= 11 is 0. The molecule has 0 aliphatic heterocycles. The Morgan fingerprint density at radius 3 is 1.86 bits per heavy atom. The monoisotopic (exact) mass is 290 g/mol. The minimum Gasteiger partial charge on any atom is -0.508 e. The van der Waals surface area contributed by atoms with E-state index in [9.17, 15) is 5.11 Å². The van der Waals surface area contributed by atoms with E-state index in [1.807, 2.05) is 42.5 Å². The standard InChI is InChI=1S/C20H18O2/c21-18-12-7-13-19(14-18)22-15-20(16-8-3-1-4-9-16)17-10-5-2-6-11-17/h1-14,20-21H,15H2. The fraction of sp³-hybridized carbons (Fsp3) is 0.100. The lowest BCUT2D eigenvalue weighted by Crippen LogP contribution is -2.11. The molecule has 3 aromatic rings. The molecule has 0 aliphatic rings. The SMILES string of the molecule is Oc1cccc(OCC(c2ccccc2)c2ccccc2)c1. The van der Waals surface area contributed by atoms with Crippen molar-refractivity contribution < 1.29 is 9.84 Å². The maximum atomic E-state index is 9.53. The van der Waals surface area contributed by atoms with Crippen molar-refractivity contribution in [3.8, 4) is 11.5 Å². The van der Waals surface area contributed by atoms with Gasteiger partial charge in [-0.15, -0.1) is 0 Å². The van der Waals surface area contributed by atoms with E-state index in [2.05, 4.69) is 24.3 Å². The molecule has 0 aliphatic carbocycles. The average Bonchev–Trinajstić information content (AvgIpc) is 2.57. The second-order valence-electron chi connectivity index (χ2n) is 5.18. The summed E-state index contributed by atoms with van der Waals surface area (Å²) in [7, 11) is 0. The van der Waals surface area contributed by atoms with Gasteiger partial charge in [0.25, 0.3) is 0 Å². The maximum Gasteiger partial charge on any atom is 0.123 e. The van der Waals surface area contributed by atoms with Crippen LogP contribution in [0.1, 0.15) is 17.0 Å². The summed E-state index contributed by atoms with van der Waals surface area (Å²) in [6, 6.07) is 27.6. The lowest BCUT2D eigenvalue weighted by molar-refractivity contribution is 0.301. The van der Waals surface area contributed by atoms with E-state index in [-0.39, 0.29) is 11.7 Å². The molecule has 0 fully saturated rings. The first-order chi connectivity index (χ1) is 10.8. The minimum absolute atomic E-state index is 0.157. The van der Waals surface area contributed by atoms with E-state index < -0.39 is 0 Å². The fourth-order valence-corrected chi connectivity index (χ4v) is 2.51. The quantitative estimate of drug-likeness (QED) is 0.744. The molecule has 0 bridgehead atoms. The predicted octanol–water partition coefficient (Wildman–Crippen LogP) is 4.60. The molecule has 0 amide bonds. The molecule has 2 heteroatoms. The highest BCUT2D eigenvalue weighted by atomic mass is 16.5. The Morgan fingerprint density at radius 2 is 1.32 bits per heavy atom. The molecule has 0 spiro atoms. The lowest BCUT2D eigenvalue weighted by atomic mass is 9.92. The Kier molecular flexibility index (Phi) is 4.40. The van der Waals surface area contributed by atoms with Gasteiger partial charge in [-0.05, 0) is 23.3 Å². The molecule has 22 heavy (non-hydrogen) atoms. The summed E-state index contributed by atoms with van der Waals surface area (Å²) in [5.74, 6) is 1.05. The largest absolute Gasteiger partial charge is 0.508 e. The van der Waals surface area contributed by atoms with Gasteiger partial charge in [-0.25, -0.2) is 0 Å². The first-order valence-corrected chi connectivity index (χ1v) is 7.34. The van der Waals surface area contributed by atoms with Crippen LogP contribution >= 0.6 is 0 Å². The second-order valence-corrected chi connectivity index (χ2v) is 5.18. The molecule has 0 unspecified atom stereocenters. The van der Waals surface area contributed by atoms with E-state index in [4.69, 9.17) is 4.74 Å². The van der Waals surface area contributed by atoms with E-state index >= 15 is 0 Å². The number of hydrogen-bond acceptors (Lipinski definition) is 2. The van der Waals surface area contributed by atoms with Gasteiger partial charge in [-0.1, -0.05) is 66.7 Å². The zero-order valence-electron chi connectivity index (χ0n) is 12.2. The fourth-order valence-electron chi connectivity index (χ4n) is 2.51. The van der Waals surface area contributed by atoms with Crippen molar-refractivity contribution in [1.29, 1.82) is 0 Å². The number of phenols is 1. The van der Waals surface area contributed by atoms with Crippen LogP contribution in [0.15, 0.2) is 84.9 Å². The summed E-state index contributed by atoms with van der Waals surface area (Å²) in [6.07, 6.45) is 0. The maximum absolute atomic E-state index is 9.53. The van der Waals surface area contributed by atoms with Crippen molar-refractivity contribution in [1.82, 2.24) is 0 Å². The number of hydrogen-bond donors (Lipinski definition) is 1. The summed E-state index contributed by atoms with van der Waals surface area (Å²) in [6.45, 7) is 0.525. The van der Waals surface area contributed by atoms with Crippen molar-refractivity contribution in [3.05, 3.63) is 96.1 Å². The molecule has 3 aromatic carbocycles. The summed E-state index contributed by atoms with van der Waals surface area (Å²) in [5, 5.41) is 9.53. The zero-order valence-corrected chi connectivity index (χ0v) is 12.2. The van der Waals surface area contributed by atoms with E-state index in [0.29, 0.717) is 12.4 Å². The van der Waals surface area contributed by atoms with Crippen LogP contribution in [0.4, 0.5) is 0 Å². The molecule has 1 N–H and O–H groups in total. The van der Waals surface area contributed by atoms with Crippen LogP contribution in [0.5, 0.6) is 11.5 Å². The Bertz CT molecular complexity index is 669. The number of phenolic OH excluding ortho intramolecular Hbond substituents is 1. The minimum atomic E-state index is 0.157.